The van der Waals surface area contributed by atoms with Gasteiger partial charge in [-0.3, -0.25) is 4.79 Å². The number of fused-ring (bicyclic) bond motifs is 4. The lowest BCUT2D eigenvalue weighted by molar-refractivity contribution is 0.0660. The summed E-state index contributed by atoms with van der Waals surface area (Å²) in [6.45, 7) is 3.01. The highest BCUT2D eigenvalue weighted by Gasteiger charge is 2.42. The molecule has 1 aliphatic heterocycles. The van der Waals surface area contributed by atoms with E-state index in [4.69, 9.17) is 4.42 Å². The summed E-state index contributed by atoms with van der Waals surface area (Å²) in [4.78, 5) is 19.2. The molecule has 24 heavy (non-hydrogen) atoms. The van der Waals surface area contributed by atoms with Crippen LogP contribution in [-0.4, -0.2) is 35.3 Å². The number of rotatable bonds is 3. The van der Waals surface area contributed by atoms with Crippen molar-refractivity contribution in [2.24, 2.45) is 11.8 Å². The first kappa shape index (κ1) is 14.5. The lowest BCUT2D eigenvalue weighted by Crippen LogP contribution is -2.47. The summed E-state index contributed by atoms with van der Waals surface area (Å²) in [5.41, 5.74) is 5.02. The van der Waals surface area contributed by atoms with Crippen molar-refractivity contribution in [2.45, 2.75) is 38.5 Å². The second-order valence-electron chi connectivity index (χ2n) is 7.64. The van der Waals surface area contributed by atoms with E-state index in [0.717, 1.165) is 63.1 Å². The van der Waals surface area contributed by atoms with Crippen LogP contribution in [0.4, 0.5) is 0 Å². The fourth-order valence-electron chi connectivity index (χ4n) is 5.02. The maximum Gasteiger partial charge on any atom is 0.169 e. The molecule has 4 heteroatoms. The largest absolute Gasteiger partial charge is 0.469 e. The summed E-state index contributed by atoms with van der Waals surface area (Å²) in [5.74, 6) is 2.19. The fourth-order valence-corrected chi connectivity index (χ4v) is 5.02. The Morgan fingerprint density at radius 2 is 2.25 bits per heavy atom. The maximum atomic E-state index is 13.2. The molecule has 1 saturated heterocycles. The standard InChI is InChI=1S/C20H24N2O2/c23-20-16-12-22(9-7-14-3-2-10-24-14)8-6-13(16)11-18-19(20)15-4-1-5-17(15)21-18/h2-3,10,13,16,21H,1,4-9,11-12H2/t13-,16+/m0/s1. The molecule has 3 heterocycles. The van der Waals surface area contributed by atoms with Crippen molar-refractivity contribution in [2.75, 3.05) is 19.6 Å². The van der Waals surface area contributed by atoms with Crippen molar-refractivity contribution in [3.63, 3.8) is 0 Å². The van der Waals surface area contributed by atoms with Gasteiger partial charge in [-0.05, 0) is 62.3 Å². The highest BCUT2D eigenvalue weighted by molar-refractivity contribution is 6.02. The highest BCUT2D eigenvalue weighted by atomic mass is 16.3. The monoisotopic (exact) mass is 324 g/mol. The fraction of sp³-hybridized carbons (Fsp3) is 0.550. The van der Waals surface area contributed by atoms with Crippen LogP contribution in [-0.2, 0) is 25.7 Å². The Hall–Kier alpha value is -1.81. The van der Waals surface area contributed by atoms with Crippen molar-refractivity contribution in [3.05, 3.63) is 46.7 Å². The summed E-state index contributed by atoms with van der Waals surface area (Å²) >= 11 is 0. The Morgan fingerprint density at radius 3 is 3.12 bits per heavy atom. The quantitative estimate of drug-likeness (QED) is 0.944. The predicted octanol–water partition coefficient (Wildman–Crippen LogP) is 3.02. The Labute approximate surface area is 142 Å². The number of aromatic nitrogens is 1. The Bertz CT molecular complexity index is 759. The Balaban J connectivity index is 1.33. The molecule has 1 fully saturated rings. The second kappa shape index (κ2) is 5.62. The number of ketones is 1. The van der Waals surface area contributed by atoms with Gasteiger partial charge in [-0.15, -0.1) is 0 Å². The van der Waals surface area contributed by atoms with Crippen LogP contribution in [0.3, 0.4) is 0 Å². The minimum Gasteiger partial charge on any atom is -0.469 e. The van der Waals surface area contributed by atoms with E-state index in [-0.39, 0.29) is 5.92 Å². The first-order valence-corrected chi connectivity index (χ1v) is 9.31. The number of H-pyrrole nitrogens is 1. The van der Waals surface area contributed by atoms with Crippen molar-refractivity contribution < 1.29 is 9.21 Å². The van der Waals surface area contributed by atoms with Crippen molar-refractivity contribution >= 4 is 5.78 Å². The molecule has 2 aromatic rings. The van der Waals surface area contributed by atoms with Gasteiger partial charge < -0.3 is 14.3 Å². The lowest BCUT2D eigenvalue weighted by Gasteiger charge is -2.40. The van der Waals surface area contributed by atoms with E-state index >= 15 is 0 Å². The number of carbonyl (C=O) groups excluding carboxylic acids is 1. The first-order valence-electron chi connectivity index (χ1n) is 9.31. The average Bonchev–Trinajstić information content (AvgIpc) is 3.30. The van der Waals surface area contributed by atoms with Gasteiger partial charge in [0, 0.05) is 42.4 Å². The summed E-state index contributed by atoms with van der Waals surface area (Å²) in [5, 5.41) is 0. The van der Waals surface area contributed by atoms with Gasteiger partial charge in [-0.25, -0.2) is 0 Å². The number of likely N-dealkylation sites (tertiary alicyclic amines) is 1. The number of aromatic amines is 1. The second-order valence-corrected chi connectivity index (χ2v) is 7.64. The van der Waals surface area contributed by atoms with Crippen LogP contribution in [0.2, 0.25) is 0 Å². The first-order chi connectivity index (χ1) is 11.8. The lowest BCUT2D eigenvalue weighted by atomic mass is 9.72. The number of carbonyl (C=O) groups is 1. The molecule has 2 atom stereocenters. The molecule has 0 aromatic carbocycles. The third-order valence-electron chi connectivity index (χ3n) is 6.27. The molecule has 0 amide bonds. The van der Waals surface area contributed by atoms with Gasteiger partial charge in [-0.1, -0.05) is 0 Å². The zero-order chi connectivity index (χ0) is 16.1. The van der Waals surface area contributed by atoms with Crippen LogP contribution in [0.5, 0.6) is 0 Å². The predicted molar refractivity (Wildman–Crippen MR) is 91.3 cm³/mol. The number of furan rings is 1. The van der Waals surface area contributed by atoms with E-state index in [1.54, 1.807) is 6.26 Å². The summed E-state index contributed by atoms with van der Waals surface area (Å²) < 4.78 is 5.44. The number of hydrogen-bond acceptors (Lipinski definition) is 3. The van der Waals surface area contributed by atoms with E-state index in [2.05, 4.69) is 9.88 Å². The zero-order valence-corrected chi connectivity index (χ0v) is 14.0. The molecule has 1 N–H and O–H groups in total. The van der Waals surface area contributed by atoms with Gasteiger partial charge >= 0.3 is 0 Å². The number of nitrogens with zero attached hydrogens (tertiary/aromatic N) is 1. The van der Waals surface area contributed by atoms with Gasteiger partial charge in [0.15, 0.2) is 5.78 Å². The molecule has 0 bridgehead atoms. The highest BCUT2D eigenvalue weighted by Crippen LogP contribution is 2.40. The molecule has 126 valence electrons. The van der Waals surface area contributed by atoms with E-state index in [0.29, 0.717) is 11.7 Å². The number of aryl methyl sites for hydroxylation is 1. The molecule has 0 unspecified atom stereocenters. The molecule has 2 aliphatic carbocycles. The molecule has 0 spiro atoms. The van der Waals surface area contributed by atoms with Gasteiger partial charge in [0.25, 0.3) is 0 Å². The molecule has 0 saturated carbocycles. The number of piperidine rings is 1. The third kappa shape index (κ3) is 2.27. The molecular formula is C20H24N2O2. The molecule has 5 rings (SSSR count). The number of hydrogen-bond donors (Lipinski definition) is 1. The third-order valence-corrected chi connectivity index (χ3v) is 6.27. The maximum absolute atomic E-state index is 13.2. The average molecular weight is 324 g/mol. The van der Waals surface area contributed by atoms with Crippen LogP contribution in [0.1, 0.15) is 45.9 Å². The van der Waals surface area contributed by atoms with Crippen LogP contribution in [0.15, 0.2) is 22.8 Å². The molecule has 3 aliphatic rings. The van der Waals surface area contributed by atoms with Crippen molar-refractivity contribution in [1.82, 2.24) is 9.88 Å². The number of nitrogens with one attached hydrogen (secondary N) is 1. The van der Waals surface area contributed by atoms with Crippen LogP contribution in [0, 0.1) is 11.8 Å². The molecular weight excluding hydrogens is 300 g/mol. The van der Waals surface area contributed by atoms with Gasteiger partial charge in [0.05, 0.1) is 6.26 Å². The minimum atomic E-state index is 0.198. The molecule has 4 nitrogen and oxygen atoms in total. The van der Waals surface area contributed by atoms with Crippen molar-refractivity contribution in [1.29, 1.82) is 0 Å². The summed E-state index contributed by atoms with van der Waals surface area (Å²) in [6.07, 6.45) is 8.30. The Kier molecular flexibility index (Phi) is 3.40. The summed E-state index contributed by atoms with van der Waals surface area (Å²) in [7, 11) is 0. The van der Waals surface area contributed by atoms with Crippen LogP contribution >= 0.6 is 0 Å². The van der Waals surface area contributed by atoms with Crippen LogP contribution in [0.25, 0.3) is 0 Å². The SMILES string of the molecule is O=C1c2c([nH]c3c2CCC3)C[C@@H]2CCN(CCc3ccco3)C[C@@H]12. The molecule has 0 radical (unpaired) electrons. The smallest absolute Gasteiger partial charge is 0.169 e. The van der Waals surface area contributed by atoms with Gasteiger partial charge in [0.1, 0.15) is 5.76 Å². The van der Waals surface area contributed by atoms with E-state index in [9.17, 15) is 4.79 Å². The Morgan fingerprint density at radius 1 is 1.29 bits per heavy atom. The van der Waals surface area contributed by atoms with E-state index in [1.165, 1.54) is 23.4 Å². The topological polar surface area (TPSA) is 49.2 Å². The van der Waals surface area contributed by atoms with E-state index in [1.807, 2.05) is 12.1 Å². The van der Waals surface area contributed by atoms with Gasteiger partial charge in [-0.2, -0.15) is 0 Å². The normalized spacial score (nSPS) is 26.2. The minimum absolute atomic E-state index is 0.198. The number of Topliss-reactive ketones (excluding diaryl/α,β-unsaturated/α-hetero) is 1. The van der Waals surface area contributed by atoms with Gasteiger partial charge in [0.2, 0.25) is 0 Å². The van der Waals surface area contributed by atoms with Crippen molar-refractivity contribution in [3.8, 4) is 0 Å². The molecule has 2 aromatic heterocycles. The summed E-state index contributed by atoms with van der Waals surface area (Å²) in [6, 6.07) is 3.98. The van der Waals surface area contributed by atoms with E-state index < -0.39 is 0 Å². The van der Waals surface area contributed by atoms with Crippen LogP contribution < -0.4 is 0 Å². The zero-order valence-electron chi connectivity index (χ0n) is 14.0.